The highest BCUT2D eigenvalue weighted by atomic mass is 32.2. The lowest BCUT2D eigenvalue weighted by molar-refractivity contribution is 0.156. The van der Waals surface area contributed by atoms with Crippen molar-refractivity contribution >= 4 is 11.8 Å². The molecular weight excluding hydrogens is 242 g/mol. The molecule has 0 radical (unpaired) electrons. The van der Waals surface area contributed by atoms with Crippen LogP contribution in [0.25, 0.3) is 0 Å². The number of aliphatic hydroxyl groups excluding tert-OH is 1. The second kappa shape index (κ2) is 7.82. The molecule has 0 saturated heterocycles. The van der Waals surface area contributed by atoms with Crippen molar-refractivity contribution in [2.75, 3.05) is 12.4 Å². The van der Waals surface area contributed by atoms with Gasteiger partial charge in [-0.2, -0.15) is 0 Å². The zero-order valence-electron chi connectivity index (χ0n) is 11.6. The van der Waals surface area contributed by atoms with Gasteiger partial charge in [0.15, 0.2) is 0 Å². The van der Waals surface area contributed by atoms with Crippen LogP contribution in [0.4, 0.5) is 0 Å². The SMILES string of the molecule is CC(C)NC(C)(CO)CCCSc1ccccc1. The molecule has 0 aliphatic rings. The largest absolute Gasteiger partial charge is 0.394 e. The lowest BCUT2D eigenvalue weighted by atomic mass is 9.96. The fraction of sp³-hybridized carbons (Fsp3) is 0.600. The maximum atomic E-state index is 9.48. The molecule has 0 aliphatic carbocycles. The molecule has 18 heavy (non-hydrogen) atoms. The van der Waals surface area contributed by atoms with Crippen molar-refractivity contribution in [2.45, 2.75) is 50.1 Å². The Bertz CT molecular complexity index is 329. The Balaban J connectivity index is 2.27. The van der Waals surface area contributed by atoms with Gasteiger partial charge in [-0.1, -0.05) is 32.0 Å². The van der Waals surface area contributed by atoms with Crippen molar-refractivity contribution in [3.63, 3.8) is 0 Å². The van der Waals surface area contributed by atoms with Crippen molar-refractivity contribution < 1.29 is 5.11 Å². The summed E-state index contributed by atoms with van der Waals surface area (Å²) in [6, 6.07) is 10.9. The molecule has 2 nitrogen and oxygen atoms in total. The Morgan fingerprint density at radius 3 is 2.50 bits per heavy atom. The molecule has 0 amide bonds. The van der Waals surface area contributed by atoms with Crippen LogP contribution in [0.15, 0.2) is 35.2 Å². The zero-order chi connectivity index (χ0) is 13.4. The minimum absolute atomic E-state index is 0.147. The lowest BCUT2D eigenvalue weighted by Gasteiger charge is -2.31. The number of nitrogens with one attached hydrogen (secondary N) is 1. The summed E-state index contributed by atoms with van der Waals surface area (Å²) in [6.07, 6.45) is 2.11. The molecular formula is C15H25NOS. The first kappa shape index (κ1) is 15.5. The van der Waals surface area contributed by atoms with Crippen molar-refractivity contribution in [3.05, 3.63) is 30.3 Å². The Hall–Kier alpha value is -0.510. The molecule has 2 N–H and O–H groups in total. The quantitative estimate of drug-likeness (QED) is 0.560. The smallest absolute Gasteiger partial charge is 0.0610 e. The van der Waals surface area contributed by atoms with E-state index in [1.165, 1.54) is 4.90 Å². The van der Waals surface area contributed by atoms with Crippen molar-refractivity contribution in [1.82, 2.24) is 5.32 Å². The van der Waals surface area contributed by atoms with Crippen LogP contribution >= 0.6 is 11.8 Å². The minimum atomic E-state index is -0.147. The van der Waals surface area contributed by atoms with E-state index < -0.39 is 0 Å². The normalized spacial score (nSPS) is 14.7. The summed E-state index contributed by atoms with van der Waals surface area (Å²) in [4.78, 5) is 1.32. The van der Waals surface area contributed by atoms with Crippen LogP contribution in [0.1, 0.15) is 33.6 Å². The van der Waals surface area contributed by atoms with E-state index >= 15 is 0 Å². The van der Waals surface area contributed by atoms with E-state index in [4.69, 9.17) is 0 Å². The molecule has 0 bridgehead atoms. The van der Waals surface area contributed by atoms with E-state index in [-0.39, 0.29) is 12.1 Å². The van der Waals surface area contributed by atoms with E-state index in [1.54, 1.807) is 0 Å². The minimum Gasteiger partial charge on any atom is -0.394 e. The number of thioether (sulfide) groups is 1. The molecule has 0 aliphatic heterocycles. The average molecular weight is 267 g/mol. The summed E-state index contributed by atoms with van der Waals surface area (Å²) < 4.78 is 0. The topological polar surface area (TPSA) is 32.3 Å². The van der Waals surface area contributed by atoms with Crippen LogP contribution in [0, 0.1) is 0 Å². The van der Waals surface area contributed by atoms with Gasteiger partial charge in [-0.15, -0.1) is 11.8 Å². The summed E-state index contributed by atoms with van der Waals surface area (Å²) in [5, 5.41) is 12.9. The average Bonchev–Trinajstić information content (AvgIpc) is 2.35. The molecule has 0 heterocycles. The number of hydrogen-bond donors (Lipinski definition) is 2. The van der Waals surface area contributed by atoms with E-state index in [9.17, 15) is 5.11 Å². The molecule has 1 atom stereocenters. The van der Waals surface area contributed by atoms with Gasteiger partial charge in [-0.05, 0) is 37.7 Å². The Morgan fingerprint density at radius 1 is 1.28 bits per heavy atom. The van der Waals surface area contributed by atoms with Gasteiger partial charge in [0, 0.05) is 16.5 Å². The van der Waals surface area contributed by atoms with Crippen LogP contribution in [0.2, 0.25) is 0 Å². The maximum absolute atomic E-state index is 9.48. The molecule has 0 aromatic heterocycles. The first-order valence-electron chi connectivity index (χ1n) is 6.62. The van der Waals surface area contributed by atoms with Crippen LogP contribution in [0.3, 0.4) is 0 Å². The van der Waals surface area contributed by atoms with Crippen molar-refractivity contribution in [2.24, 2.45) is 0 Å². The van der Waals surface area contributed by atoms with Gasteiger partial charge in [0.05, 0.1) is 6.61 Å². The van der Waals surface area contributed by atoms with Gasteiger partial charge in [0.25, 0.3) is 0 Å². The van der Waals surface area contributed by atoms with Crippen LogP contribution < -0.4 is 5.32 Å². The Morgan fingerprint density at radius 2 is 1.94 bits per heavy atom. The van der Waals surface area contributed by atoms with E-state index in [0.29, 0.717) is 6.04 Å². The third-order valence-corrected chi connectivity index (χ3v) is 3.97. The highest BCUT2D eigenvalue weighted by molar-refractivity contribution is 7.99. The van der Waals surface area contributed by atoms with Gasteiger partial charge in [-0.3, -0.25) is 0 Å². The molecule has 0 spiro atoms. The monoisotopic (exact) mass is 267 g/mol. The van der Waals surface area contributed by atoms with Crippen LogP contribution in [-0.2, 0) is 0 Å². The zero-order valence-corrected chi connectivity index (χ0v) is 12.5. The molecule has 1 unspecified atom stereocenters. The third-order valence-electron chi connectivity index (χ3n) is 2.87. The standard InChI is InChI=1S/C15H25NOS/c1-13(2)16-15(3,12-17)10-7-11-18-14-8-5-4-6-9-14/h4-6,8-9,13,16-17H,7,10-12H2,1-3H3. The molecule has 3 heteroatoms. The number of aliphatic hydroxyl groups is 1. The van der Waals surface area contributed by atoms with Gasteiger partial charge in [-0.25, -0.2) is 0 Å². The Kier molecular flexibility index (Phi) is 6.76. The first-order valence-corrected chi connectivity index (χ1v) is 7.61. The van der Waals surface area contributed by atoms with Gasteiger partial charge >= 0.3 is 0 Å². The molecule has 0 fully saturated rings. The third kappa shape index (κ3) is 5.89. The molecule has 1 aromatic carbocycles. The molecule has 0 saturated carbocycles. The number of rotatable bonds is 8. The summed E-state index contributed by atoms with van der Waals surface area (Å²) >= 11 is 1.88. The van der Waals surface area contributed by atoms with Crippen LogP contribution in [-0.4, -0.2) is 29.0 Å². The number of hydrogen-bond acceptors (Lipinski definition) is 3. The van der Waals surface area contributed by atoms with Crippen LogP contribution in [0.5, 0.6) is 0 Å². The number of benzene rings is 1. The Labute approximate surface area is 115 Å². The summed E-state index contributed by atoms with van der Waals surface area (Å²) in [6.45, 7) is 6.53. The summed E-state index contributed by atoms with van der Waals surface area (Å²) in [7, 11) is 0. The highest BCUT2D eigenvalue weighted by Gasteiger charge is 2.22. The van der Waals surface area contributed by atoms with Crippen molar-refractivity contribution in [3.8, 4) is 0 Å². The molecule has 1 aromatic rings. The fourth-order valence-electron chi connectivity index (χ4n) is 2.06. The lowest BCUT2D eigenvalue weighted by Crippen LogP contribution is -2.49. The molecule has 102 valence electrons. The second-order valence-electron chi connectivity index (χ2n) is 5.28. The van der Waals surface area contributed by atoms with E-state index in [0.717, 1.165) is 18.6 Å². The summed E-state index contributed by atoms with van der Waals surface area (Å²) in [5.74, 6) is 1.10. The second-order valence-corrected chi connectivity index (χ2v) is 6.45. The fourth-order valence-corrected chi connectivity index (χ4v) is 2.94. The summed E-state index contributed by atoms with van der Waals surface area (Å²) in [5.41, 5.74) is -0.147. The van der Waals surface area contributed by atoms with Gasteiger partial charge in [0.1, 0.15) is 0 Å². The predicted molar refractivity (Wildman–Crippen MR) is 80.2 cm³/mol. The van der Waals surface area contributed by atoms with E-state index in [2.05, 4.69) is 50.4 Å². The van der Waals surface area contributed by atoms with Gasteiger partial charge in [0.2, 0.25) is 0 Å². The first-order chi connectivity index (χ1) is 8.56. The maximum Gasteiger partial charge on any atom is 0.0610 e. The van der Waals surface area contributed by atoms with Gasteiger partial charge < -0.3 is 10.4 Å². The molecule has 1 rings (SSSR count). The van der Waals surface area contributed by atoms with Crippen molar-refractivity contribution in [1.29, 1.82) is 0 Å². The van der Waals surface area contributed by atoms with E-state index in [1.807, 2.05) is 17.8 Å². The predicted octanol–water partition coefficient (Wildman–Crippen LogP) is 3.31. The highest BCUT2D eigenvalue weighted by Crippen LogP contribution is 2.21.